The maximum atomic E-state index is 12.0. The van der Waals surface area contributed by atoms with E-state index in [9.17, 15) is 19.7 Å². The summed E-state index contributed by atoms with van der Waals surface area (Å²) in [6.45, 7) is 2.00. The van der Waals surface area contributed by atoms with Crippen molar-refractivity contribution < 1.29 is 14.5 Å². The van der Waals surface area contributed by atoms with Crippen LogP contribution in [0.1, 0.15) is 17.5 Å². The van der Waals surface area contributed by atoms with E-state index in [-0.39, 0.29) is 5.69 Å². The lowest BCUT2D eigenvalue weighted by Crippen LogP contribution is -2.36. The van der Waals surface area contributed by atoms with Gasteiger partial charge in [0.2, 0.25) is 0 Å². The number of benzene rings is 2. The Bertz CT molecular complexity index is 863. The predicted octanol–water partition coefficient (Wildman–Crippen LogP) is 2.66. The summed E-state index contributed by atoms with van der Waals surface area (Å²) in [5, 5.41) is 15.8. The first kappa shape index (κ1) is 20.9. The Morgan fingerprint density at radius 3 is 2.32 bits per heavy atom. The molecule has 2 aromatic carbocycles. The van der Waals surface area contributed by atoms with Crippen LogP contribution in [0.3, 0.4) is 0 Å². The molecule has 0 saturated heterocycles. The molecule has 0 aliphatic rings. The highest BCUT2D eigenvalue weighted by atomic mass is 16.6. The van der Waals surface area contributed by atoms with E-state index in [1.54, 1.807) is 6.92 Å². The third kappa shape index (κ3) is 5.80. The second-order valence-electron chi connectivity index (χ2n) is 6.63. The molecule has 2 rings (SSSR count). The normalized spacial score (nSPS) is 10.2. The molecule has 0 spiro atoms. The van der Waals surface area contributed by atoms with Gasteiger partial charge in [0.15, 0.2) is 0 Å². The number of nitro groups is 1. The lowest BCUT2D eigenvalue weighted by Gasteiger charge is -2.12. The van der Waals surface area contributed by atoms with E-state index >= 15 is 0 Å². The zero-order valence-electron chi connectivity index (χ0n) is 16.2. The molecule has 2 aromatic rings. The number of anilines is 2. The third-order valence-electron chi connectivity index (χ3n) is 4.26. The highest BCUT2D eigenvalue weighted by Gasteiger charge is 2.15. The molecule has 0 aliphatic heterocycles. The molecule has 0 aliphatic carbocycles. The second kappa shape index (κ2) is 9.50. The molecule has 0 fully saturated rings. The lowest BCUT2D eigenvalue weighted by molar-refractivity contribution is -0.384. The SMILES string of the molecule is Cc1cc([N+](=O)[O-])ccc1NC(=O)C(=O)NCCCc1ccc(N(C)C)cc1. The summed E-state index contributed by atoms with van der Waals surface area (Å²) in [6.07, 6.45) is 1.49. The number of carbonyl (C=O) groups is 2. The Labute approximate surface area is 163 Å². The van der Waals surface area contributed by atoms with Gasteiger partial charge in [0.25, 0.3) is 5.69 Å². The quantitative estimate of drug-likeness (QED) is 0.330. The van der Waals surface area contributed by atoms with E-state index in [1.807, 2.05) is 43.3 Å². The summed E-state index contributed by atoms with van der Waals surface area (Å²) in [7, 11) is 3.96. The molecule has 8 nitrogen and oxygen atoms in total. The Kier molecular flexibility index (Phi) is 7.08. The van der Waals surface area contributed by atoms with Gasteiger partial charge in [-0.1, -0.05) is 12.1 Å². The second-order valence-corrected chi connectivity index (χ2v) is 6.63. The Balaban J connectivity index is 1.78. The van der Waals surface area contributed by atoms with Gasteiger partial charge in [-0.3, -0.25) is 19.7 Å². The van der Waals surface area contributed by atoms with Crippen LogP contribution in [0.25, 0.3) is 0 Å². The monoisotopic (exact) mass is 384 g/mol. The maximum Gasteiger partial charge on any atom is 0.313 e. The first-order valence-electron chi connectivity index (χ1n) is 8.88. The van der Waals surface area contributed by atoms with Gasteiger partial charge < -0.3 is 15.5 Å². The average molecular weight is 384 g/mol. The van der Waals surface area contributed by atoms with Crippen LogP contribution < -0.4 is 15.5 Å². The van der Waals surface area contributed by atoms with Gasteiger partial charge in [-0.05, 0) is 49.1 Å². The fourth-order valence-electron chi connectivity index (χ4n) is 2.62. The van der Waals surface area contributed by atoms with E-state index < -0.39 is 16.7 Å². The summed E-state index contributed by atoms with van der Waals surface area (Å²) >= 11 is 0. The first-order chi connectivity index (χ1) is 13.3. The van der Waals surface area contributed by atoms with E-state index in [4.69, 9.17) is 0 Å². The van der Waals surface area contributed by atoms with Crippen molar-refractivity contribution in [2.75, 3.05) is 30.9 Å². The van der Waals surface area contributed by atoms with Crippen molar-refractivity contribution in [2.24, 2.45) is 0 Å². The number of nitrogens with one attached hydrogen (secondary N) is 2. The molecule has 8 heteroatoms. The summed E-state index contributed by atoms with van der Waals surface area (Å²) in [6, 6.07) is 12.2. The first-order valence-corrected chi connectivity index (χ1v) is 8.88. The number of hydrogen-bond acceptors (Lipinski definition) is 5. The van der Waals surface area contributed by atoms with Crippen molar-refractivity contribution in [3.05, 3.63) is 63.7 Å². The zero-order valence-corrected chi connectivity index (χ0v) is 16.2. The molecular weight excluding hydrogens is 360 g/mol. The van der Waals surface area contributed by atoms with Crippen molar-refractivity contribution >= 4 is 28.9 Å². The minimum Gasteiger partial charge on any atom is -0.378 e. The van der Waals surface area contributed by atoms with Crippen LogP contribution >= 0.6 is 0 Å². The van der Waals surface area contributed by atoms with Crippen molar-refractivity contribution in [3.8, 4) is 0 Å². The van der Waals surface area contributed by atoms with Crippen LogP contribution in [0.15, 0.2) is 42.5 Å². The van der Waals surface area contributed by atoms with Gasteiger partial charge in [-0.2, -0.15) is 0 Å². The number of aryl methyl sites for hydroxylation is 2. The minimum atomic E-state index is -0.799. The summed E-state index contributed by atoms with van der Waals surface area (Å²) < 4.78 is 0. The molecule has 0 unspecified atom stereocenters. The zero-order chi connectivity index (χ0) is 20.7. The van der Waals surface area contributed by atoms with Crippen LogP contribution in [0.5, 0.6) is 0 Å². The Morgan fingerprint density at radius 1 is 1.07 bits per heavy atom. The van der Waals surface area contributed by atoms with Gasteiger partial charge in [0.05, 0.1) is 4.92 Å². The van der Waals surface area contributed by atoms with Gasteiger partial charge >= 0.3 is 11.8 Å². The number of rotatable bonds is 7. The molecule has 0 radical (unpaired) electrons. The van der Waals surface area contributed by atoms with E-state index in [2.05, 4.69) is 10.6 Å². The minimum absolute atomic E-state index is 0.0708. The van der Waals surface area contributed by atoms with Gasteiger partial charge in [-0.15, -0.1) is 0 Å². The van der Waals surface area contributed by atoms with E-state index in [0.29, 0.717) is 24.2 Å². The predicted molar refractivity (Wildman–Crippen MR) is 109 cm³/mol. The van der Waals surface area contributed by atoms with Crippen molar-refractivity contribution in [2.45, 2.75) is 19.8 Å². The van der Waals surface area contributed by atoms with Crippen LogP contribution in [0, 0.1) is 17.0 Å². The molecule has 0 saturated carbocycles. The molecule has 0 bridgehead atoms. The molecule has 0 heterocycles. The molecule has 2 N–H and O–H groups in total. The van der Waals surface area contributed by atoms with Crippen LogP contribution in [0.4, 0.5) is 17.1 Å². The maximum absolute atomic E-state index is 12.0. The van der Waals surface area contributed by atoms with Crippen molar-refractivity contribution in [1.82, 2.24) is 5.32 Å². The van der Waals surface area contributed by atoms with Crippen LogP contribution in [-0.4, -0.2) is 37.4 Å². The standard InChI is InChI=1S/C20H24N4O4/c1-14-13-17(24(27)28)10-11-18(14)22-20(26)19(25)21-12-4-5-15-6-8-16(9-7-15)23(2)3/h6-11,13H,4-5,12H2,1-3H3,(H,21,25)(H,22,26). The van der Waals surface area contributed by atoms with Crippen molar-refractivity contribution in [3.63, 3.8) is 0 Å². The third-order valence-corrected chi connectivity index (χ3v) is 4.26. The summed E-state index contributed by atoms with van der Waals surface area (Å²) in [4.78, 5) is 36.2. The summed E-state index contributed by atoms with van der Waals surface area (Å²) in [5.74, 6) is -1.53. The molecular formula is C20H24N4O4. The number of hydrogen-bond donors (Lipinski definition) is 2. The van der Waals surface area contributed by atoms with E-state index in [0.717, 1.165) is 17.7 Å². The van der Waals surface area contributed by atoms with Gasteiger partial charge in [0.1, 0.15) is 0 Å². The highest BCUT2D eigenvalue weighted by Crippen LogP contribution is 2.21. The molecule has 0 atom stereocenters. The fraction of sp³-hybridized carbons (Fsp3) is 0.300. The van der Waals surface area contributed by atoms with Crippen LogP contribution in [0.2, 0.25) is 0 Å². The molecule has 0 aromatic heterocycles. The number of nitrogens with zero attached hydrogens (tertiary/aromatic N) is 2. The Morgan fingerprint density at radius 2 is 1.75 bits per heavy atom. The summed E-state index contributed by atoms with van der Waals surface area (Å²) in [5.41, 5.74) is 3.09. The molecule has 2 amide bonds. The number of nitro benzene ring substituents is 1. The van der Waals surface area contributed by atoms with Crippen molar-refractivity contribution in [1.29, 1.82) is 0 Å². The Hall–Kier alpha value is -3.42. The number of non-ortho nitro benzene ring substituents is 1. The molecule has 148 valence electrons. The average Bonchev–Trinajstić information content (AvgIpc) is 2.66. The largest absolute Gasteiger partial charge is 0.378 e. The number of amides is 2. The highest BCUT2D eigenvalue weighted by molar-refractivity contribution is 6.39. The van der Waals surface area contributed by atoms with Gasteiger partial charge in [-0.25, -0.2) is 0 Å². The fourth-order valence-corrected chi connectivity index (χ4v) is 2.62. The topological polar surface area (TPSA) is 105 Å². The lowest BCUT2D eigenvalue weighted by atomic mass is 10.1. The molecule has 28 heavy (non-hydrogen) atoms. The smallest absolute Gasteiger partial charge is 0.313 e. The van der Waals surface area contributed by atoms with Crippen LogP contribution in [-0.2, 0) is 16.0 Å². The van der Waals surface area contributed by atoms with E-state index in [1.165, 1.54) is 18.2 Å². The number of carbonyl (C=O) groups excluding carboxylic acids is 2. The van der Waals surface area contributed by atoms with Gasteiger partial charge in [0, 0.05) is 44.1 Å².